The lowest BCUT2D eigenvalue weighted by molar-refractivity contribution is -0.144. The van der Waals surface area contributed by atoms with Crippen molar-refractivity contribution in [2.75, 3.05) is 33.4 Å². The number of methoxy groups -OCH3 is 1. The van der Waals surface area contributed by atoms with Crippen LogP contribution < -0.4 is 10.3 Å². The van der Waals surface area contributed by atoms with Gasteiger partial charge in [-0.15, -0.1) is 0 Å². The van der Waals surface area contributed by atoms with Gasteiger partial charge in [0.25, 0.3) is 5.56 Å². The van der Waals surface area contributed by atoms with Crippen molar-refractivity contribution in [2.24, 2.45) is 5.92 Å². The van der Waals surface area contributed by atoms with Crippen LogP contribution in [0.15, 0.2) is 35.1 Å². The van der Waals surface area contributed by atoms with Crippen LogP contribution in [0.5, 0.6) is 5.75 Å². The molecule has 0 aliphatic carbocycles. The monoisotopic (exact) mass is 521 g/mol. The molecular weight excluding hydrogens is 482 g/mol. The molecule has 1 aromatic carbocycles. The van der Waals surface area contributed by atoms with E-state index in [1.807, 2.05) is 39.0 Å². The lowest BCUT2D eigenvalue weighted by atomic mass is 9.90. The van der Waals surface area contributed by atoms with Gasteiger partial charge in [-0.05, 0) is 78.1 Å². The van der Waals surface area contributed by atoms with E-state index in [2.05, 4.69) is 27.4 Å². The van der Waals surface area contributed by atoms with Gasteiger partial charge in [-0.1, -0.05) is 18.2 Å². The van der Waals surface area contributed by atoms with E-state index in [1.54, 1.807) is 13.2 Å². The Bertz CT molecular complexity index is 1360. The van der Waals surface area contributed by atoms with E-state index in [1.165, 1.54) is 0 Å². The number of ether oxygens (including phenoxy) is 2. The molecule has 0 saturated carbocycles. The van der Waals surface area contributed by atoms with Gasteiger partial charge in [0.2, 0.25) is 0 Å². The number of hydrogen-bond donors (Lipinski definition) is 1. The molecule has 1 saturated heterocycles. The first-order valence-corrected chi connectivity index (χ1v) is 13.5. The predicted molar refractivity (Wildman–Crippen MR) is 148 cm³/mol. The van der Waals surface area contributed by atoms with Crippen LogP contribution in [0.4, 0.5) is 0 Å². The minimum absolute atomic E-state index is 0.0240. The third-order valence-corrected chi connectivity index (χ3v) is 7.87. The van der Waals surface area contributed by atoms with E-state index in [0.29, 0.717) is 36.8 Å². The highest BCUT2D eigenvalue weighted by Crippen LogP contribution is 2.36. The first kappa shape index (κ1) is 27.6. The molecule has 0 bridgehead atoms. The number of carbonyl (C=O) groups is 2. The summed E-state index contributed by atoms with van der Waals surface area (Å²) in [5, 5.41) is 0.950. The molecule has 1 aliphatic rings. The molecule has 1 N–H and O–H groups in total. The van der Waals surface area contributed by atoms with Gasteiger partial charge < -0.3 is 19.0 Å². The quantitative estimate of drug-likeness (QED) is 0.309. The molecule has 38 heavy (non-hydrogen) atoms. The number of aryl methyl sites for hydroxylation is 1. The van der Waals surface area contributed by atoms with Crippen molar-refractivity contribution in [1.82, 2.24) is 14.5 Å². The minimum atomic E-state index is -0.211. The molecule has 8 nitrogen and oxygen atoms in total. The number of esters is 1. The van der Waals surface area contributed by atoms with Gasteiger partial charge in [-0.2, -0.15) is 0 Å². The molecule has 1 unspecified atom stereocenters. The number of H-pyrrole nitrogens is 1. The van der Waals surface area contributed by atoms with Crippen molar-refractivity contribution >= 4 is 22.7 Å². The maximum absolute atomic E-state index is 13.6. The van der Waals surface area contributed by atoms with E-state index >= 15 is 0 Å². The number of aromatic nitrogens is 2. The van der Waals surface area contributed by atoms with Crippen LogP contribution in [0.2, 0.25) is 0 Å². The number of ketones is 1. The average molecular weight is 522 g/mol. The lowest BCUT2D eigenvalue weighted by Crippen LogP contribution is -2.39. The largest absolute Gasteiger partial charge is 0.496 e. The second kappa shape index (κ2) is 12.0. The SMILES string of the molecule is CCOC(=O)CN1CCC(C(C)n2c(C)c(C(=O)CCc3c(OC)cc(C)[nH]c3=O)c3ccccc32)CC1. The Kier molecular flexibility index (Phi) is 8.72. The summed E-state index contributed by atoms with van der Waals surface area (Å²) in [6.45, 7) is 10.3. The molecule has 0 spiro atoms. The molecule has 4 rings (SSSR count). The maximum Gasteiger partial charge on any atom is 0.320 e. The van der Waals surface area contributed by atoms with E-state index in [9.17, 15) is 14.4 Å². The van der Waals surface area contributed by atoms with E-state index < -0.39 is 0 Å². The summed E-state index contributed by atoms with van der Waals surface area (Å²) in [4.78, 5) is 43.0. The average Bonchev–Trinajstić information content (AvgIpc) is 3.19. The number of hydrogen-bond acceptors (Lipinski definition) is 6. The normalized spacial score (nSPS) is 15.5. The Morgan fingerprint density at radius 2 is 1.87 bits per heavy atom. The zero-order valence-corrected chi connectivity index (χ0v) is 23.1. The Morgan fingerprint density at radius 1 is 1.16 bits per heavy atom. The van der Waals surface area contributed by atoms with Gasteiger partial charge in [0, 0.05) is 40.3 Å². The molecule has 1 aliphatic heterocycles. The number of para-hydroxylation sites is 1. The van der Waals surface area contributed by atoms with Crippen LogP contribution in [0.3, 0.4) is 0 Å². The fourth-order valence-corrected chi connectivity index (χ4v) is 5.93. The van der Waals surface area contributed by atoms with Gasteiger partial charge >= 0.3 is 5.97 Å². The van der Waals surface area contributed by atoms with Crippen molar-refractivity contribution < 1.29 is 19.1 Å². The summed E-state index contributed by atoms with van der Waals surface area (Å²) in [6, 6.07) is 10.1. The number of Topliss-reactive ketones (excluding diaryl/α,β-unsaturated/α-hetero) is 1. The Balaban J connectivity index is 1.54. The number of benzene rings is 1. The highest BCUT2D eigenvalue weighted by molar-refractivity contribution is 6.09. The smallest absolute Gasteiger partial charge is 0.320 e. The second-order valence-electron chi connectivity index (χ2n) is 10.3. The summed E-state index contributed by atoms with van der Waals surface area (Å²) in [5.74, 6) is 0.804. The van der Waals surface area contributed by atoms with Crippen molar-refractivity contribution in [3.05, 3.63) is 63.2 Å². The van der Waals surface area contributed by atoms with E-state index in [4.69, 9.17) is 9.47 Å². The van der Waals surface area contributed by atoms with Gasteiger partial charge in [0.15, 0.2) is 5.78 Å². The number of nitrogens with zero attached hydrogens (tertiary/aromatic N) is 2. The molecule has 2 aromatic heterocycles. The topological polar surface area (TPSA) is 93.6 Å². The molecule has 0 amide bonds. The molecule has 0 radical (unpaired) electrons. The van der Waals surface area contributed by atoms with Crippen LogP contribution in [-0.4, -0.2) is 59.6 Å². The summed E-state index contributed by atoms with van der Waals surface area (Å²) in [6.07, 6.45) is 2.49. The molecule has 204 valence electrons. The number of likely N-dealkylation sites (tertiary alicyclic amines) is 1. The molecular formula is C30H39N3O5. The summed E-state index contributed by atoms with van der Waals surface area (Å²) in [7, 11) is 1.54. The first-order valence-electron chi connectivity index (χ1n) is 13.5. The van der Waals surface area contributed by atoms with E-state index in [0.717, 1.165) is 53.8 Å². The van der Waals surface area contributed by atoms with Gasteiger partial charge in [-0.3, -0.25) is 19.3 Å². The van der Waals surface area contributed by atoms with Crippen LogP contribution in [0, 0.1) is 19.8 Å². The zero-order chi connectivity index (χ0) is 27.4. The number of aromatic amines is 1. The van der Waals surface area contributed by atoms with Crippen LogP contribution in [0.1, 0.15) is 66.5 Å². The number of nitrogens with one attached hydrogen (secondary N) is 1. The Morgan fingerprint density at radius 3 is 2.55 bits per heavy atom. The zero-order valence-electron chi connectivity index (χ0n) is 23.1. The molecule has 3 heterocycles. The third-order valence-electron chi connectivity index (χ3n) is 7.87. The maximum atomic E-state index is 13.6. The van der Waals surface area contributed by atoms with Crippen LogP contribution >= 0.6 is 0 Å². The molecule has 1 atom stereocenters. The number of pyridine rings is 1. The standard InChI is InChI=1S/C30H39N3O5/c1-6-38-28(35)18-32-15-13-22(14-16-32)20(3)33-21(4)29(23-9-7-8-10-25(23)33)26(34)12-11-24-27(37-5)17-19(2)31-30(24)36/h7-10,17,20,22H,6,11-16,18H2,1-5H3,(H,31,36). The molecule has 1 fully saturated rings. The van der Waals surface area contributed by atoms with Gasteiger partial charge in [0.05, 0.1) is 25.8 Å². The number of piperidine rings is 1. The summed E-state index contributed by atoms with van der Waals surface area (Å²) in [5.41, 5.74) is 3.76. The predicted octanol–water partition coefficient (Wildman–Crippen LogP) is 4.61. The van der Waals surface area contributed by atoms with E-state index in [-0.39, 0.29) is 29.8 Å². The van der Waals surface area contributed by atoms with Gasteiger partial charge in [0.1, 0.15) is 5.75 Å². The van der Waals surface area contributed by atoms with Crippen molar-refractivity contribution in [1.29, 1.82) is 0 Å². The summed E-state index contributed by atoms with van der Waals surface area (Å²) < 4.78 is 12.8. The highest BCUT2D eigenvalue weighted by atomic mass is 16.5. The molecule has 3 aromatic rings. The van der Waals surface area contributed by atoms with Crippen LogP contribution in [-0.2, 0) is 16.0 Å². The number of rotatable bonds is 10. The minimum Gasteiger partial charge on any atom is -0.496 e. The summed E-state index contributed by atoms with van der Waals surface area (Å²) >= 11 is 0. The van der Waals surface area contributed by atoms with Gasteiger partial charge in [-0.25, -0.2) is 0 Å². The van der Waals surface area contributed by atoms with Crippen molar-refractivity contribution in [2.45, 2.75) is 59.4 Å². The Hall–Kier alpha value is -3.39. The van der Waals surface area contributed by atoms with Crippen molar-refractivity contribution in [3.8, 4) is 5.75 Å². The highest BCUT2D eigenvalue weighted by Gasteiger charge is 2.29. The Labute approximate surface area is 223 Å². The fraction of sp³-hybridized carbons (Fsp3) is 0.500. The number of carbonyl (C=O) groups excluding carboxylic acids is 2. The van der Waals surface area contributed by atoms with Crippen molar-refractivity contribution in [3.63, 3.8) is 0 Å². The first-order chi connectivity index (χ1) is 18.2. The second-order valence-corrected chi connectivity index (χ2v) is 10.3. The fourth-order valence-electron chi connectivity index (χ4n) is 5.93. The van der Waals surface area contributed by atoms with Crippen LogP contribution in [0.25, 0.3) is 10.9 Å². The third kappa shape index (κ3) is 5.70. The molecule has 8 heteroatoms. The number of fused-ring (bicyclic) bond motifs is 1. The lowest BCUT2D eigenvalue weighted by Gasteiger charge is -2.35.